The van der Waals surface area contributed by atoms with Gasteiger partial charge in [-0.2, -0.15) is 0 Å². The Balaban J connectivity index is 1.84. The molecule has 2 unspecified atom stereocenters. The van der Waals surface area contributed by atoms with Crippen molar-refractivity contribution >= 4 is 17.5 Å². The van der Waals surface area contributed by atoms with Crippen LogP contribution >= 0.6 is 11.6 Å². The zero-order valence-electron chi connectivity index (χ0n) is 16.1. The third-order valence-corrected chi connectivity index (χ3v) is 5.41. The monoisotopic (exact) mass is 388 g/mol. The normalized spacial score (nSPS) is 19.3. The minimum Gasteiger partial charge on any atom is -0.496 e. The van der Waals surface area contributed by atoms with E-state index in [2.05, 4.69) is 35.3 Å². The van der Waals surface area contributed by atoms with Crippen LogP contribution in [0.3, 0.4) is 0 Å². The van der Waals surface area contributed by atoms with E-state index in [0.717, 1.165) is 6.42 Å². The molecule has 2 atom stereocenters. The number of hydrogen-bond acceptors (Lipinski definition) is 4. The predicted octanol–water partition coefficient (Wildman–Crippen LogP) is 4.05. The second kappa shape index (κ2) is 8.19. The third-order valence-electron chi connectivity index (χ3n) is 5.12. The van der Waals surface area contributed by atoms with Crippen LogP contribution < -0.4 is 14.8 Å². The minimum atomic E-state index is -0.222. The number of rotatable bonds is 5. The zero-order valence-corrected chi connectivity index (χ0v) is 16.8. The molecule has 0 aliphatic carbocycles. The number of amides is 1. The Morgan fingerprint density at radius 2 is 2.04 bits per heavy atom. The van der Waals surface area contributed by atoms with E-state index < -0.39 is 0 Å². The molecule has 144 valence electrons. The van der Waals surface area contributed by atoms with Crippen LogP contribution in [0, 0.1) is 0 Å². The number of halogens is 1. The molecule has 0 fully saturated rings. The Morgan fingerprint density at radius 3 is 2.74 bits per heavy atom. The molecule has 5 nitrogen and oxygen atoms in total. The van der Waals surface area contributed by atoms with Crippen molar-refractivity contribution in [3.63, 3.8) is 0 Å². The van der Waals surface area contributed by atoms with Crippen molar-refractivity contribution in [2.45, 2.75) is 32.5 Å². The number of carbonyl (C=O) groups excluding carboxylic acids is 1. The fourth-order valence-electron chi connectivity index (χ4n) is 3.50. The number of methoxy groups -OCH3 is 1. The maximum atomic E-state index is 13.0. The number of likely N-dealkylation sites (N-methyl/N-ethyl adjacent to an activating group) is 1. The summed E-state index contributed by atoms with van der Waals surface area (Å²) in [6.07, 6.45) is 0.632. The SMILES string of the molecule is CCOc1cc(OC)c(C(=O)NC2Cc3ccccc3C(C)N2C)cc1Cl. The van der Waals surface area contributed by atoms with Gasteiger partial charge in [0.15, 0.2) is 0 Å². The summed E-state index contributed by atoms with van der Waals surface area (Å²) in [6, 6.07) is 11.8. The van der Waals surface area contributed by atoms with Gasteiger partial charge in [-0.3, -0.25) is 9.69 Å². The summed E-state index contributed by atoms with van der Waals surface area (Å²) in [5.74, 6) is 0.720. The van der Waals surface area contributed by atoms with E-state index in [9.17, 15) is 4.79 Å². The molecule has 1 heterocycles. The van der Waals surface area contributed by atoms with Crippen LogP contribution in [-0.2, 0) is 6.42 Å². The summed E-state index contributed by atoms with van der Waals surface area (Å²) in [6.45, 7) is 4.51. The molecule has 0 aromatic heterocycles. The van der Waals surface area contributed by atoms with E-state index in [1.54, 1.807) is 12.1 Å². The molecule has 27 heavy (non-hydrogen) atoms. The first kappa shape index (κ1) is 19.5. The van der Waals surface area contributed by atoms with Gasteiger partial charge in [-0.15, -0.1) is 0 Å². The van der Waals surface area contributed by atoms with Gasteiger partial charge in [0, 0.05) is 18.5 Å². The highest BCUT2D eigenvalue weighted by Crippen LogP contribution is 2.34. The molecule has 1 aliphatic rings. The van der Waals surface area contributed by atoms with Crippen LogP contribution in [0.2, 0.25) is 5.02 Å². The molecule has 1 N–H and O–H groups in total. The zero-order chi connectivity index (χ0) is 19.6. The summed E-state index contributed by atoms with van der Waals surface area (Å²) < 4.78 is 10.9. The van der Waals surface area contributed by atoms with Gasteiger partial charge in [0.2, 0.25) is 0 Å². The van der Waals surface area contributed by atoms with Crippen molar-refractivity contribution in [2.75, 3.05) is 20.8 Å². The molecule has 2 aromatic carbocycles. The molecular weight excluding hydrogens is 364 g/mol. The van der Waals surface area contributed by atoms with Crippen molar-refractivity contribution in [2.24, 2.45) is 0 Å². The largest absolute Gasteiger partial charge is 0.496 e. The lowest BCUT2D eigenvalue weighted by molar-refractivity contribution is 0.0808. The maximum Gasteiger partial charge on any atom is 0.256 e. The second-order valence-electron chi connectivity index (χ2n) is 6.65. The highest BCUT2D eigenvalue weighted by Gasteiger charge is 2.30. The summed E-state index contributed by atoms with van der Waals surface area (Å²) >= 11 is 6.27. The lowest BCUT2D eigenvalue weighted by atomic mass is 9.92. The molecule has 1 aliphatic heterocycles. The van der Waals surface area contributed by atoms with E-state index >= 15 is 0 Å². The number of fused-ring (bicyclic) bond motifs is 1. The quantitative estimate of drug-likeness (QED) is 0.839. The maximum absolute atomic E-state index is 13.0. The van der Waals surface area contributed by atoms with E-state index in [1.807, 2.05) is 20.0 Å². The average Bonchev–Trinajstić information content (AvgIpc) is 2.67. The Bertz CT molecular complexity index is 840. The summed E-state index contributed by atoms with van der Waals surface area (Å²) in [7, 11) is 3.55. The first-order chi connectivity index (χ1) is 13.0. The Hall–Kier alpha value is -2.24. The minimum absolute atomic E-state index is 0.113. The van der Waals surface area contributed by atoms with Crippen LogP contribution in [0.4, 0.5) is 0 Å². The van der Waals surface area contributed by atoms with Gasteiger partial charge in [0.05, 0.1) is 30.5 Å². The first-order valence-corrected chi connectivity index (χ1v) is 9.45. The lowest BCUT2D eigenvalue weighted by Crippen LogP contribution is -2.51. The number of nitrogens with zero attached hydrogens (tertiary/aromatic N) is 1. The number of ether oxygens (including phenoxy) is 2. The van der Waals surface area contributed by atoms with Gasteiger partial charge in [-0.1, -0.05) is 35.9 Å². The number of nitrogens with one attached hydrogen (secondary N) is 1. The van der Waals surface area contributed by atoms with Crippen LogP contribution in [0.25, 0.3) is 0 Å². The molecule has 0 bridgehead atoms. The summed E-state index contributed by atoms with van der Waals surface area (Å²) in [4.78, 5) is 15.1. The highest BCUT2D eigenvalue weighted by atomic mass is 35.5. The van der Waals surface area contributed by atoms with Crippen molar-refractivity contribution in [3.8, 4) is 11.5 Å². The second-order valence-corrected chi connectivity index (χ2v) is 7.06. The van der Waals surface area contributed by atoms with Crippen LogP contribution in [0.1, 0.15) is 41.4 Å². The van der Waals surface area contributed by atoms with E-state index in [4.69, 9.17) is 21.1 Å². The van der Waals surface area contributed by atoms with Gasteiger partial charge in [0.1, 0.15) is 11.5 Å². The Kier molecular flexibility index (Phi) is 5.92. The number of carbonyl (C=O) groups is 1. The van der Waals surface area contributed by atoms with Crippen molar-refractivity contribution in [1.29, 1.82) is 0 Å². The van der Waals surface area contributed by atoms with Gasteiger partial charge < -0.3 is 14.8 Å². The van der Waals surface area contributed by atoms with Gasteiger partial charge >= 0.3 is 0 Å². The highest BCUT2D eigenvalue weighted by molar-refractivity contribution is 6.32. The average molecular weight is 389 g/mol. The smallest absolute Gasteiger partial charge is 0.256 e. The van der Waals surface area contributed by atoms with Crippen molar-refractivity contribution in [3.05, 3.63) is 58.1 Å². The standard InChI is InChI=1S/C21H25ClN2O3/c1-5-27-19-12-18(26-4)16(11-17(19)22)21(25)23-20-10-14-8-6-7-9-15(14)13(2)24(20)3/h6-9,11-13,20H,5,10H2,1-4H3,(H,23,25). The van der Waals surface area contributed by atoms with Gasteiger partial charge in [-0.05, 0) is 38.1 Å². The number of hydrogen-bond donors (Lipinski definition) is 1. The van der Waals surface area contributed by atoms with E-state index in [0.29, 0.717) is 28.7 Å². The van der Waals surface area contributed by atoms with Crippen LogP contribution in [0.5, 0.6) is 11.5 Å². The Morgan fingerprint density at radius 1 is 1.30 bits per heavy atom. The van der Waals surface area contributed by atoms with Gasteiger partial charge in [0.25, 0.3) is 5.91 Å². The summed E-state index contributed by atoms with van der Waals surface area (Å²) in [5, 5.41) is 3.50. The molecule has 3 rings (SSSR count). The molecule has 0 saturated carbocycles. The van der Waals surface area contributed by atoms with Crippen molar-refractivity contribution in [1.82, 2.24) is 10.2 Å². The molecule has 1 amide bonds. The molecule has 6 heteroatoms. The predicted molar refractivity (Wildman–Crippen MR) is 107 cm³/mol. The molecule has 2 aromatic rings. The first-order valence-electron chi connectivity index (χ1n) is 9.07. The summed E-state index contributed by atoms with van der Waals surface area (Å²) in [5.41, 5.74) is 2.95. The van der Waals surface area contributed by atoms with Crippen LogP contribution in [0.15, 0.2) is 36.4 Å². The molecule has 0 spiro atoms. The fraction of sp³-hybridized carbons (Fsp3) is 0.381. The van der Waals surface area contributed by atoms with E-state index in [1.165, 1.54) is 18.2 Å². The topological polar surface area (TPSA) is 50.8 Å². The molecule has 0 saturated heterocycles. The third kappa shape index (κ3) is 3.89. The number of benzene rings is 2. The lowest BCUT2D eigenvalue weighted by Gasteiger charge is -2.39. The Labute approximate surface area is 165 Å². The van der Waals surface area contributed by atoms with E-state index in [-0.39, 0.29) is 18.1 Å². The van der Waals surface area contributed by atoms with Crippen LogP contribution in [-0.4, -0.2) is 37.7 Å². The molecular formula is C21H25ClN2O3. The fourth-order valence-corrected chi connectivity index (χ4v) is 3.72. The van der Waals surface area contributed by atoms with Crippen molar-refractivity contribution < 1.29 is 14.3 Å². The van der Waals surface area contributed by atoms with Gasteiger partial charge in [-0.25, -0.2) is 0 Å². The molecule has 0 radical (unpaired) electrons.